The first-order chi connectivity index (χ1) is 6.93. The number of likely N-dealkylation sites (tertiary alicyclic amines) is 1. The van der Waals surface area contributed by atoms with Crippen molar-refractivity contribution >= 4 is 0 Å². The third-order valence-electron chi connectivity index (χ3n) is 4.61. The zero-order valence-corrected chi connectivity index (χ0v) is 11.0. The molecule has 15 heavy (non-hydrogen) atoms. The van der Waals surface area contributed by atoms with Crippen LogP contribution in [0.2, 0.25) is 0 Å². The Hall–Kier alpha value is -0.0400. The average molecular weight is 209 g/mol. The second-order valence-electron chi connectivity index (χ2n) is 7.08. The summed E-state index contributed by atoms with van der Waals surface area (Å²) in [5.74, 6) is 0. The zero-order chi connectivity index (χ0) is 11.1. The highest BCUT2D eigenvalue weighted by atomic mass is 15.2. The quantitative estimate of drug-likeness (QED) is 0.636. The first-order valence-corrected chi connectivity index (χ1v) is 6.63. The molecule has 0 aromatic carbocycles. The predicted molar refractivity (Wildman–Crippen MR) is 66.0 cm³/mol. The molecule has 0 aromatic heterocycles. The molecule has 0 amide bonds. The van der Waals surface area contributed by atoms with Gasteiger partial charge in [-0.05, 0) is 50.1 Å². The van der Waals surface area contributed by atoms with Gasteiger partial charge in [0.1, 0.15) is 0 Å². The van der Waals surface area contributed by atoms with E-state index in [0.717, 1.165) is 6.04 Å². The van der Waals surface area contributed by atoms with E-state index < -0.39 is 0 Å². The summed E-state index contributed by atoms with van der Waals surface area (Å²) >= 11 is 0. The lowest BCUT2D eigenvalue weighted by Crippen LogP contribution is -2.39. The third-order valence-corrected chi connectivity index (χ3v) is 4.61. The first-order valence-electron chi connectivity index (χ1n) is 6.63. The van der Waals surface area contributed by atoms with Crippen LogP contribution >= 0.6 is 0 Å². The Kier molecular flexibility index (Phi) is 2.87. The van der Waals surface area contributed by atoms with E-state index >= 15 is 0 Å². The molecule has 1 saturated heterocycles. The van der Waals surface area contributed by atoms with Crippen molar-refractivity contribution in [3.05, 3.63) is 0 Å². The Morgan fingerprint density at radius 2 is 1.73 bits per heavy atom. The van der Waals surface area contributed by atoms with E-state index in [9.17, 15) is 0 Å². The molecule has 0 N–H and O–H groups in total. The van der Waals surface area contributed by atoms with Gasteiger partial charge in [-0.1, -0.05) is 33.6 Å². The normalized spacial score (nSPS) is 31.6. The number of hydrogen-bond donors (Lipinski definition) is 0. The molecule has 88 valence electrons. The van der Waals surface area contributed by atoms with E-state index in [1.165, 1.54) is 45.1 Å². The standard InChI is InChI=1S/C14H27N/c1-13(2,3)11-12-14(7-5-6-8-14)9-10-15(12)4/h12H,5-11H2,1-4H3. The summed E-state index contributed by atoms with van der Waals surface area (Å²) in [4.78, 5) is 2.64. The number of nitrogens with zero attached hydrogens (tertiary/aromatic N) is 1. The van der Waals surface area contributed by atoms with Crippen molar-refractivity contribution in [1.82, 2.24) is 4.90 Å². The van der Waals surface area contributed by atoms with Gasteiger partial charge in [0.2, 0.25) is 0 Å². The Morgan fingerprint density at radius 3 is 2.27 bits per heavy atom. The van der Waals surface area contributed by atoms with E-state index in [1.54, 1.807) is 0 Å². The molecule has 1 nitrogen and oxygen atoms in total. The van der Waals surface area contributed by atoms with Gasteiger partial charge in [-0.15, -0.1) is 0 Å². The minimum Gasteiger partial charge on any atom is -0.303 e. The molecule has 2 rings (SSSR count). The van der Waals surface area contributed by atoms with Crippen LogP contribution in [-0.2, 0) is 0 Å². The van der Waals surface area contributed by atoms with Crippen molar-refractivity contribution in [2.75, 3.05) is 13.6 Å². The molecule has 1 saturated carbocycles. The highest BCUT2D eigenvalue weighted by molar-refractivity contribution is 5.01. The van der Waals surface area contributed by atoms with Crippen molar-refractivity contribution in [1.29, 1.82) is 0 Å². The third kappa shape index (κ3) is 2.22. The van der Waals surface area contributed by atoms with Gasteiger partial charge in [-0.25, -0.2) is 0 Å². The minimum absolute atomic E-state index is 0.485. The van der Waals surface area contributed by atoms with Crippen LogP contribution in [0.1, 0.15) is 59.3 Å². The van der Waals surface area contributed by atoms with Gasteiger partial charge < -0.3 is 4.90 Å². The van der Waals surface area contributed by atoms with Gasteiger partial charge in [-0.2, -0.15) is 0 Å². The predicted octanol–water partition coefficient (Wildman–Crippen LogP) is 3.69. The lowest BCUT2D eigenvalue weighted by molar-refractivity contribution is 0.127. The van der Waals surface area contributed by atoms with Gasteiger partial charge in [0.25, 0.3) is 0 Å². The largest absolute Gasteiger partial charge is 0.303 e. The fraction of sp³-hybridized carbons (Fsp3) is 1.00. The van der Waals surface area contributed by atoms with Gasteiger partial charge in [0.15, 0.2) is 0 Å². The molecule has 1 unspecified atom stereocenters. The van der Waals surface area contributed by atoms with Crippen molar-refractivity contribution < 1.29 is 0 Å². The van der Waals surface area contributed by atoms with E-state index in [2.05, 4.69) is 32.7 Å². The summed E-state index contributed by atoms with van der Waals surface area (Å²) in [6.07, 6.45) is 8.80. The first kappa shape index (κ1) is 11.4. The average Bonchev–Trinajstić information content (AvgIpc) is 2.67. The maximum absolute atomic E-state index is 2.64. The van der Waals surface area contributed by atoms with Crippen LogP contribution in [-0.4, -0.2) is 24.5 Å². The molecule has 1 spiro atoms. The monoisotopic (exact) mass is 209 g/mol. The lowest BCUT2D eigenvalue weighted by atomic mass is 9.72. The smallest absolute Gasteiger partial charge is 0.0154 e. The Bertz CT molecular complexity index is 220. The topological polar surface area (TPSA) is 3.24 Å². The molecule has 1 aliphatic heterocycles. The summed E-state index contributed by atoms with van der Waals surface area (Å²) in [5.41, 5.74) is 1.20. The van der Waals surface area contributed by atoms with Crippen LogP contribution in [0.5, 0.6) is 0 Å². The summed E-state index contributed by atoms with van der Waals surface area (Å²) < 4.78 is 0. The fourth-order valence-corrected chi connectivity index (χ4v) is 3.80. The Labute approximate surface area is 95.2 Å². The molecule has 0 aromatic rings. The summed E-state index contributed by atoms with van der Waals surface area (Å²) in [6, 6.07) is 0.861. The fourth-order valence-electron chi connectivity index (χ4n) is 3.80. The lowest BCUT2D eigenvalue weighted by Gasteiger charge is -2.38. The maximum atomic E-state index is 2.64. The summed E-state index contributed by atoms with van der Waals surface area (Å²) in [6.45, 7) is 8.51. The summed E-state index contributed by atoms with van der Waals surface area (Å²) in [5, 5.41) is 0. The van der Waals surface area contributed by atoms with Gasteiger partial charge in [-0.3, -0.25) is 0 Å². The van der Waals surface area contributed by atoms with Crippen molar-refractivity contribution in [2.24, 2.45) is 10.8 Å². The molecule has 2 aliphatic rings. The maximum Gasteiger partial charge on any atom is 0.0154 e. The second kappa shape index (κ2) is 3.76. The minimum atomic E-state index is 0.485. The molecule has 1 heterocycles. The summed E-state index contributed by atoms with van der Waals surface area (Å²) in [7, 11) is 2.34. The van der Waals surface area contributed by atoms with Gasteiger partial charge in [0.05, 0.1) is 0 Å². The molecule has 0 bridgehead atoms. The number of hydrogen-bond acceptors (Lipinski definition) is 1. The number of rotatable bonds is 1. The van der Waals surface area contributed by atoms with Crippen LogP contribution in [0.15, 0.2) is 0 Å². The SMILES string of the molecule is CN1CCC2(CCCC2)C1CC(C)(C)C. The van der Waals surface area contributed by atoms with E-state index in [-0.39, 0.29) is 0 Å². The molecule has 1 heteroatoms. The molecule has 0 radical (unpaired) electrons. The van der Waals surface area contributed by atoms with Crippen LogP contribution in [0.25, 0.3) is 0 Å². The Morgan fingerprint density at radius 1 is 1.13 bits per heavy atom. The van der Waals surface area contributed by atoms with Gasteiger partial charge >= 0.3 is 0 Å². The van der Waals surface area contributed by atoms with Crippen LogP contribution in [0.4, 0.5) is 0 Å². The van der Waals surface area contributed by atoms with E-state index in [0.29, 0.717) is 10.8 Å². The molecule has 2 fully saturated rings. The van der Waals surface area contributed by atoms with E-state index in [1.807, 2.05) is 0 Å². The molecular formula is C14H27N. The molecule has 1 aliphatic carbocycles. The van der Waals surface area contributed by atoms with Crippen molar-refractivity contribution in [3.8, 4) is 0 Å². The zero-order valence-electron chi connectivity index (χ0n) is 11.0. The van der Waals surface area contributed by atoms with Crippen LogP contribution in [0.3, 0.4) is 0 Å². The van der Waals surface area contributed by atoms with Crippen LogP contribution < -0.4 is 0 Å². The van der Waals surface area contributed by atoms with Gasteiger partial charge in [0, 0.05) is 6.04 Å². The van der Waals surface area contributed by atoms with E-state index in [4.69, 9.17) is 0 Å². The highest BCUT2D eigenvalue weighted by Gasteiger charge is 2.47. The van der Waals surface area contributed by atoms with Crippen molar-refractivity contribution in [2.45, 2.75) is 65.3 Å². The van der Waals surface area contributed by atoms with Crippen LogP contribution in [0, 0.1) is 10.8 Å². The molecular weight excluding hydrogens is 182 g/mol. The molecule has 1 atom stereocenters. The highest BCUT2D eigenvalue weighted by Crippen LogP contribution is 2.51. The Balaban J connectivity index is 2.11. The van der Waals surface area contributed by atoms with Crippen molar-refractivity contribution in [3.63, 3.8) is 0 Å². The second-order valence-corrected chi connectivity index (χ2v) is 7.08.